The molecule has 0 bridgehead atoms. The number of carboxylic acid groups (broad SMARTS) is 1. The third-order valence-electron chi connectivity index (χ3n) is 3.09. The summed E-state index contributed by atoms with van der Waals surface area (Å²) >= 11 is 0. The minimum atomic E-state index is -0.915. The number of allylic oxidation sites excluding steroid dienone is 1. The molecule has 19 heavy (non-hydrogen) atoms. The molecule has 0 aliphatic heterocycles. The van der Waals surface area contributed by atoms with Crippen LogP contribution in [0.3, 0.4) is 0 Å². The first-order chi connectivity index (χ1) is 9.15. The Morgan fingerprint density at radius 3 is 2.68 bits per heavy atom. The van der Waals surface area contributed by atoms with Crippen LogP contribution in [0, 0.1) is 5.92 Å². The second kappa shape index (κ2) is 5.78. The lowest BCUT2D eigenvalue weighted by Crippen LogP contribution is -2.29. The van der Waals surface area contributed by atoms with Gasteiger partial charge in [0.1, 0.15) is 0 Å². The quantitative estimate of drug-likeness (QED) is 0.856. The second-order valence-corrected chi connectivity index (χ2v) is 4.62. The standard InChI is InChI=1S/C15H18O4/c1-3-4-10-5-8-12(13(9-10)18-2)19-14(15(16)17)11-6-7-11/h3-5,8-9,11,14H,6-7H2,1-2H3,(H,16,17). The van der Waals surface area contributed by atoms with Gasteiger partial charge in [-0.3, -0.25) is 0 Å². The van der Waals surface area contributed by atoms with E-state index in [4.69, 9.17) is 9.47 Å². The lowest BCUT2D eigenvalue weighted by atomic mass is 10.2. The molecule has 1 aromatic carbocycles. The van der Waals surface area contributed by atoms with Crippen molar-refractivity contribution in [2.24, 2.45) is 5.92 Å². The van der Waals surface area contributed by atoms with Gasteiger partial charge in [0.15, 0.2) is 17.6 Å². The highest BCUT2D eigenvalue weighted by atomic mass is 16.5. The van der Waals surface area contributed by atoms with E-state index < -0.39 is 12.1 Å². The zero-order chi connectivity index (χ0) is 13.8. The van der Waals surface area contributed by atoms with Crippen LogP contribution in [0.15, 0.2) is 24.3 Å². The summed E-state index contributed by atoms with van der Waals surface area (Å²) in [6.07, 6.45) is 4.93. The molecule has 1 unspecified atom stereocenters. The number of hydrogen-bond donors (Lipinski definition) is 1. The lowest BCUT2D eigenvalue weighted by molar-refractivity contribution is -0.146. The molecule has 0 saturated heterocycles. The molecule has 2 rings (SSSR count). The monoisotopic (exact) mass is 262 g/mol. The van der Waals surface area contributed by atoms with Gasteiger partial charge >= 0.3 is 5.97 Å². The summed E-state index contributed by atoms with van der Waals surface area (Å²) in [7, 11) is 1.55. The summed E-state index contributed by atoms with van der Waals surface area (Å²) in [6.45, 7) is 1.93. The smallest absolute Gasteiger partial charge is 0.345 e. The highest BCUT2D eigenvalue weighted by Gasteiger charge is 2.38. The number of carbonyl (C=O) groups is 1. The van der Waals surface area contributed by atoms with Crippen LogP contribution in [0.4, 0.5) is 0 Å². The molecule has 1 N–H and O–H groups in total. The van der Waals surface area contributed by atoms with E-state index in [0.717, 1.165) is 18.4 Å². The predicted octanol–water partition coefficient (Wildman–Crippen LogP) is 2.97. The van der Waals surface area contributed by atoms with Crippen molar-refractivity contribution in [3.8, 4) is 11.5 Å². The van der Waals surface area contributed by atoms with Gasteiger partial charge in [-0.2, -0.15) is 0 Å². The normalized spacial score (nSPS) is 16.3. The van der Waals surface area contributed by atoms with Crippen LogP contribution in [0.2, 0.25) is 0 Å². The SMILES string of the molecule is CC=Cc1ccc(OC(C(=O)O)C2CC2)c(OC)c1. The molecule has 1 aliphatic carbocycles. The van der Waals surface area contributed by atoms with Crippen molar-refractivity contribution < 1.29 is 19.4 Å². The molecule has 1 aliphatic rings. The fourth-order valence-electron chi connectivity index (χ4n) is 1.96. The Balaban J connectivity index is 2.21. The van der Waals surface area contributed by atoms with Gasteiger partial charge in [0.05, 0.1) is 7.11 Å². The van der Waals surface area contributed by atoms with Crippen LogP contribution < -0.4 is 9.47 Å². The summed E-state index contributed by atoms with van der Waals surface area (Å²) in [5.41, 5.74) is 0.991. The van der Waals surface area contributed by atoms with Gasteiger partial charge in [-0.05, 0) is 37.5 Å². The topological polar surface area (TPSA) is 55.8 Å². The van der Waals surface area contributed by atoms with Crippen LogP contribution >= 0.6 is 0 Å². The van der Waals surface area contributed by atoms with Gasteiger partial charge in [-0.25, -0.2) is 4.79 Å². The number of rotatable bonds is 6. The third kappa shape index (κ3) is 3.28. The molecule has 1 saturated carbocycles. The van der Waals surface area contributed by atoms with E-state index in [2.05, 4.69) is 0 Å². The van der Waals surface area contributed by atoms with Crippen LogP contribution in [-0.4, -0.2) is 24.3 Å². The number of ether oxygens (including phenoxy) is 2. The van der Waals surface area contributed by atoms with E-state index in [1.54, 1.807) is 13.2 Å². The zero-order valence-corrected chi connectivity index (χ0v) is 11.1. The van der Waals surface area contributed by atoms with E-state index >= 15 is 0 Å². The summed E-state index contributed by atoms with van der Waals surface area (Å²) in [4.78, 5) is 11.2. The van der Waals surface area contributed by atoms with Gasteiger partial charge in [-0.1, -0.05) is 18.2 Å². The number of benzene rings is 1. The largest absolute Gasteiger partial charge is 0.493 e. The maximum atomic E-state index is 11.2. The Morgan fingerprint density at radius 2 is 2.16 bits per heavy atom. The van der Waals surface area contributed by atoms with Gasteiger partial charge < -0.3 is 14.6 Å². The number of hydrogen-bond acceptors (Lipinski definition) is 3. The molecule has 0 aromatic heterocycles. The molecule has 4 nitrogen and oxygen atoms in total. The van der Waals surface area contributed by atoms with Crippen LogP contribution in [0.5, 0.6) is 11.5 Å². The summed E-state index contributed by atoms with van der Waals surface area (Å²) in [6, 6.07) is 5.47. The van der Waals surface area contributed by atoms with Gasteiger partial charge in [0.2, 0.25) is 0 Å². The van der Waals surface area contributed by atoms with Crippen LogP contribution in [0.25, 0.3) is 6.08 Å². The Morgan fingerprint density at radius 1 is 1.42 bits per heavy atom. The Hall–Kier alpha value is -1.97. The Bertz CT molecular complexity index is 489. The molecular weight excluding hydrogens is 244 g/mol. The van der Waals surface area contributed by atoms with E-state index in [-0.39, 0.29) is 5.92 Å². The second-order valence-electron chi connectivity index (χ2n) is 4.62. The zero-order valence-electron chi connectivity index (χ0n) is 11.1. The van der Waals surface area contributed by atoms with Crippen molar-refractivity contribution in [3.05, 3.63) is 29.8 Å². The molecule has 102 valence electrons. The van der Waals surface area contributed by atoms with Crippen molar-refractivity contribution in [1.82, 2.24) is 0 Å². The summed E-state index contributed by atoms with van der Waals surface area (Å²) in [5, 5.41) is 9.17. The fraction of sp³-hybridized carbons (Fsp3) is 0.400. The van der Waals surface area contributed by atoms with Gasteiger partial charge in [0.25, 0.3) is 0 Å². The third-order valence-corrected chi connectivity index (χ3v) is 3.09. The highest BCUT2D eigenvalue weighted by molar-refractivity contribution is 5.74. The molecule has 1 aromatic rings. The number of carboxylic acids is 1. The predicted molar refractivity (Wildman–Crippen MR) is 72.5 cm³/mol. The van der Waals surface area contributed by atoms with Crippen LogP contribution in [0.1, 0.15) is 25.3 Å². The average Bonchev–Trinajstić information content (AvgIpc) is 3.21. The number of methoxy groups -OCH3 is 1. The van der Waals surface area contributed by atoms with E-state index in [1.165, 1.54) is 0 Å². The van der Waals surface area contributed by atoms with Crippen molar-refractivity contribution in [3.63, 3.8) is 0 Å². The Kier molecular flexibility index (Phi) is 4.10. The van der Waals surface area contributed by atoms with Crippen molar-refractivity contribution in [1.29, 1.82) is 0 Å². The fourth-order valence-corrected chi connectivity index (χ4v) is 1.96. The van der Waals surface area contributed by atoms with Crippen LogP contribution in [-0.2, 0) is 4.79 Å². The maximum Gasteiger partial charge on any atom is 0.345 e. The molecule has 0 amide bonds. The van der Waals surface area contributed by atoms with Crippen molar-refractivity contribution >= 4 is 12.0 Å². The van der Waals surface area contributed by atoms with E-state index in [0.29, 0.717) is 11.5 Å². The lowest BCUT2D eigenvalue weighted by Gasteiger charge is -2.17. The first-order valence-corrected chi connectivity index (χ1v) is 6.36. The molecular formula is C15H18O4. The molecule has 1 atom stereocenters. The van der Waals surface area contributed by atoms with Gasteiger partial charge in [-0.15, -0.1) is 0 Å². The highest BCUT2D eigenvalue weighted by Crippen LogP contribution is 2.37. The average molecular weight is 262 g/mol. The first kappa shape index (κ1) is 13.5. The maximum absolute atomic E-state index is 11.2. The minimum absolute atomic E-state index is 0.123. The first-order valence-electron chi connectivity index (χ1n) is 6.36. The van der Waals surface area contributed by atoms with Gasteiger partial charge in [0, 0.05) is 5.92 Å². The summed E-state index contributed by atoms with van der Waals surface area (Å²) < 4.78 is 10.9. The minimum Gasteiger partial charge on any atom is -0.493 e. The summed E-state index contributed by atoms with van der Waals surface area (Å²) in [5.74, 6) is 0.247. The molecule has 0 heterocycles. The molecule has 0 radical (unpaired) electrons. The molecule has 4 heteroatoms. The Labute approximate surface area is 112 Å². The van der Waals surface area contributed by atoms with Crippen molar-refractivity contribution in [2.45, 2.75) is 25.9 Å². The van der Waals surface area contributed by atoms with E-state index in [9.17, 15) is 9.90 Å². The van der Waals surface area contributed by atoms with Crippen molar-refractivity contribution in [2.75, 3.05) is 7.11 Å². The molecule has 0 spiro atoms. The molecule has 1 fully saturated rings. The van der Waals surface area contributed by atoms with E-state index in [1.807, 2.05) is 31.2 Å². The number of aliphatic carboxylic acids is 1.